The van der Waals surface area contributed by atoms with Crippen molar-refractivity contribution in [2.75, 3.05) is 13.2 Å². The SMILES string of the molecule is CCNC(=NCc1ccc(Cn2ccccc2=O)cc1)NCc1ccccc1OCC1CC1.I. The van der Waals surface area contributed by atoms with E-state index in [0.29, 0.717) is 19.6 Å². The smallest absolute Gasteiger partial charge is 0.250 e. The standard InChI is InChI=1S/C27H32N4O2.HI/c1-2-28-27(30-18-24-7-3-4-8-25(24)33-20-23-14-15-23)29-17-21-10-12-22(13-11-21)19-31-16-6-5-9-26(31)32;/h3-13,16,23H,2,14-15,17-20H2,1H3,(H2,28,29,30);1H. The quantitative estimate of drug-likeness (QED) is 0.213. The molecule has 0 unspecified atom stereocenters. The summed E-state index contributed by atoms with van der Waals surface area (Å²) in [6.45, 7) is 5.44. The Morgan fingerprint density at radius 3 is 2.47 bits per heavy atom. The van der Waals surface area contributed by atoms with Crippen molar-refractivity contribution in [1.29, 1.82) is 0 Å². The summed E-state index contributed by atoms with van der Waals surface area (Å²) in [6.07, 6.45) is 4.37. The van der Waals surface area contributed by atoms with Crippen LogP contribution in [0.15, 0.2) is 82.7 Å². The molecule has 0 aliphatic heterocycles. The summed E-state index contributed by atoms with van der Waals surface area (Å²) in [5.74, 6) is 2.44. The Kier molecular flexibility index (Phi) is 10.00. The summed E-state index contributed by atoms with van der Waals surface area (Å²) in [6, 6.07) is 21.6. The van der Waals surface area contributed by atoms with Crippen molar-refractivity contribution in [3.05, 3.63) is 100.0 Å². The van der Waals surface area contributed by atoms with E-state index in [4.69, 9.17) is 9.73 Å². The summed E-state index contributed by atoms with van der Waals surface area (Å²) >= 11 is 0. The molecule has 6 nitrogen and oxygen atoms in total. The minimum Gasteiger partial charge on any atom is -0.493 e. The number of aromatic nitrogens is 1. The number of nitrogens with one attached hydrogen (secondary N) is 2. The summed E-state index contributed by atoms with van der Waals surface area (Å²) in [5, 5.41) is 6.74. The second-order valence-corrected chi connectivity index (χ2v) is 8.39. The minimum atomic E-state index is 0. The second-order valence-electron chi connectivity index (χ2n) is 8.39. The Morgan fingerprint density at radius 1 is 1.00 bits per heavy atom. The van der Waals surface area contributed by atoms with Gasteiger partial charge in [0, 0.05) is 30.9 Å². The number of nitrogens with zero attached hydrogens (tertiary/aromatic N) is 2. The first kappa shape index (κ1) is 25.8. The lowest BCUT2D eigenvalue weighted by molar-refractivity contribution is 0.296. The summed E-state index contributed by atoms with van der Waals surface area (Å²) in [4.78, 5) is 16.6. The number of rotatable bonds is 10. The number of hydrogen-bond donors (Lipinski definition) is 2. The largest absolute Gasteiger partial charge is 0.493 e. The maximum absolute atomic E-state index is 11.9. The fourth-order valence-electron chi connectivity index (χ4n) is 3.51. The molecule has 0 atom stereocenters. The zero-order valence-electron chi connectivity index (χ0n) is 19.6. The van der Waals surface area contributed by atoms with Crippen molar-refractivity contribution in [2.45, 2.75) is 39.4 Å². The Balaban J connectivity index is 0.00000324. The number of benzene rings is 2. The van der Waals surface area contributed by atoms with Gasteiger partial charge in [-0.1, -0.05) is 48.5 Å². The van der Waals surface area contributed by atoms with Crippen LogP contribution in [-0.4, -0.2) is 23.7 Å². The van der Waals surface area contributed by atoms with Gasteiger partial charge in [0.1, 0.15) is 5.75 Å². The van der Waals surface area contributed by atoms with Crippen molar-refractivity contribution in [2.24, 2.45) is 10.9 Å². The van der Waals surface area contributed by atoms with Gasteiger partial charge in [0.15, 0.2) is 5.96 Å². The van der Waals surface area contributed by atoms with E-state index in [9.17, 15) is 4.79 Å². The molecule has 3 aromatic rings. The number of halogens is 1. The predicted octanol–water partition coefficient (Wildman–Crippen LogP) is 4.56. The third-order valence-corrected chi connectivity index (χ3v) is 5.63. The molecule has 2 aromatic carbocycles. The molecule has 1 saturated carbocycles. The molecule has 34 heavy (non-hydrogen) atoms. The first-order valence-electron chi connectivity index (χ1n) is 11.7. The van der Waals surface area contributed by atoms with Crippen LogP contribution in [0.5, 0.6) is 5.75 Å². The third kappa shape index (κ3) is 7.90. The van der Waals surface area contributed by atoms with Crippen molar-refractivity contribution < 1.29 is 4.74 Å². The molecule has 1 aliphatic carbocycles. The Bertz CT molecular complexity index is 1120. The number of aliphatic imine (C=N–C) groups is 1. The van der Waals surface area contributed by atoms with Gasteiger partial charge < -0.3 is 19.9 Å². The van der Waals surface area contributed by atoms with Gasteiger partial charge in [-0.3, -0.25) is 4.79 Å². The number of hydrogen-bond acceptors (Lipinski definition) is 3. The fraction of sp³-hybridized carbons (Fsp3) is 0.333. The molecule has 0 radical (unpaired) electrons. The second kappa shape index (κ2) is 13.2. The van der Waals surface area contributed by atoms with Gasteiger partial charge in [0.25, 0.3) is 5.56 Å². The van der Waals surface area contributed by atoms with Gasteiger partial charge in [-0.2, -0.15) is 0 Å². The van der Waals surface area contributed by atoms with Gasteiger partial charge >= 0.3 is 0 Å². The van der Waals surface area contributed by atoms with Crippen LogP contribution in [0.1, 0.15) is 36.5 Å². The molecule has 4 rings (SSSR count). The lowest BCUT2D eigenvalue weighted by atomic mass is 10.1. The summed E-state index contributed by atoms with van der Waals surface area (Å²) < 4.78 is 7.72. The molecule has 0 spiro atoms. The van der Waals surface area contributed by atoms with Gasteiger partial charge in [0.2, 0.25) is 0 Å². The van der Waals surface area contributed by atoms with Crippen LogP contribution in [-0.2, 0) is 19.6 Å². The lowest BCUT2D eigenvalue weighted by Gasteiger charge is -2.14. The summed E-state index contributed by atoms with van der Waals surface area (Å²) in [7, 11) is 0. The third-order valence-electron chi connectivity index (χ3n) is 5.63. The Labute approximate surface area is 218 Å². The van der Waals surface area contributed by atoms with E-state index in [-0.39, 0.29) is 29.5 Å². The predicted molar refractivity (Wildman–Crippen MR) is 148 cm³/mol. The van der Waals surface area contributed by atoms with E-state index in [0.717, 1.165) is 47.5 Å². The highest BCUT2D eigenvalue weighted by Crippen LogP contribution is 2.30. The number of pyridine rings is 1. The zero-order chi connectivity index (χ0) is 22.9. The average Bonchev–Trinajstić information content (AvgIpc) is 3.67. The fourth-order valence-corrected chi connectivity index (χ4v) is 3.51. The highest BCUT2D eigenvalue weighted by molar-refractivity contribution is 14.0. The van der Waals surface area contributed by atoms with Gasteiger partial charge in [0.05, 0.1) is 19.7 Å². The van der Waals surface area contributed by atoms with Crippen molar-refractivity contribution >= 4 is 29.9 Å². The molecule has 0 bridgehead atoms. The number of para-hydroxylation sites is 1. The molecule has 1 aromatic heterocycles. The molecule has 0 saturated heterocycles. The Morgan fingerprint density at radius 2 is 1.74 bits per heavy atom. The molecule has 2 N–H and O–H groups in total. The van der Waals surface area contributed by atoms with E-state index in [1.807, 2.05) is 30.5 Å². The van der Waals surface area contributed by atoms with Crippen LogP contribution in [0, 0.1) is 5.92 Å². The molecule has 1 heterocycles. The van der Waals surface area contributed by atoms with Crippen LogP contribution in [0.25, 0.3) is 0 Å². The van der Waals surface area contributed by atoms with Gasteiger partial charge in [-0.15, -0.1) is 24.0 Å². The molecule has 1 aliphatic rings. The topological polar surface area (TPSA) is 67.7 Å². The zero-order valence-corrected chi connectivity index (χ0v) is 21.9. The van der Waals surface area contributed by atoms with E-state index in [1.165, 1.54) is 12.8 Å². The van der Waals surface area contributed by atoms with Crippen molar-refractivity contribution in [3.63, 3.8) is 0 Å². The molecular weight excluding hydrogens is 539 g/mol. The first-order valence-corrected chi connectivity index (χ1v) is 11.7. The van der Waals surface area contributed by atoms with Crippen molar-refractivity contribution in [3.8, 4) is 5.75 Å². The van der Waals surface area contributed by atoms with Crippen LogP contribution in [0.2, 0.25) is 0 Å². The van der Waals surface area contributed by atoms with Crippen LogP contribution in [0.4, 0.5) is 0 Å². The molecule has 7 heteroatoms. The minimum absolute atomic E-state index is 0. The van der Waals surface area contributed by atoms with Crippen LogP contribution < -0.4 is 20.9 Å². The molecule has 1 fully saturated rings. The van der Waals surface area contributed by atoms with Crippen LogP contribution in [0.3, 0.4) is 0 Å². The first-order chi connectivity index (χ1) is 16.2. The van der Waals surface area contributed by atoms with E-state index >= 15 is 0 Å². The van der Waals surface area contributed by atoms with Gasteiger partial charge in [-0.25, -0.2) is 4.99 Å². The lowest BCUT2D eigenvalue weighted by Crippen LogP contribution is -2.36. The maximum Gasteiger partial charge on any atom is 0.250 e. The highest BCUT2D eigenvalue weighted by atomic mass is 127. The summed E-state index contributed by atoms with van der Waals surface area (Å²) in [5.41, 5.74) is 3.34. The maximum atomic E-state index is 11.9. The molecular formula is C27H33IN4O2. The van der Waals surface area contributed by atoms with Gasteiger partial charge in [-0.05, 0) is 48.9 Å². The van der Waals surface area contributed by atoms with Crippen molar-refractivity contribution in [1.82, 2.24) is 15.2 Å². The number of ether oxygens (including phenoxy) is 1. The molecule has 180 valence electrons. The molecule has 0 amide bonds. The van der Waals surface area contributed by atoms with E-state index in [2.05, 4.69) is 47.9 Å². The number of guanidine groups is 1. The normalized spacial score (nSPS) is 13.1. The monoisotopic (exact) mass is 572 g/mol. The van der Waals surface area contributed by atoms with E-state index in [1.54, 1.807) is 16.7 Å². The average molecular weight is 572 g/mol. The van der Waals surface area contributed by atoms with E-state index < -0.39 is 0 Å². The highest BCUT2D eigenvalue weighted by Gasteiger charge is 2.22. The van der Waals surface area contributed by atoms with Crippen LogP contribution >= 0.6 is 24.0 Å². The Hall–Kier alpha value is -2.81.